The molecule has 5 unspecified atom stereocenters. The number of methoxy groups -OCH3 is 2. The summed E-state index contributed by atoms with van der Waals surface area (Å²) in [5, 5.41) is 0. The maximum absolute atomic E-state index is 5.54. The van der Waals surface area contributed by atoms with E-state index in [0.29, 0.717) is 12.2 Å². The average molecular weight is 184 g/mol. The topological polar surface area (TPSA) is 18.5 Å². The summed E-state index contributed by atoms with van der Waals surface area (Å²) in [6.07, 6.45) is 2.00. The summed E-state index contributed by atoms with van der Waals surface area (Å²) in [5.41, 5.74) is 0. The van der Waals surface area contributed by atoms with Gasteiger partial charge in [0, 0.05) is 14.2 Å². The van der Waals surface area contributed by atoms with E-state index in [1.807, 2.05) is 14.2 Å². The average Bonchev–Trinajstić information content (AvgIpc) is 2.63. The van der Waals surface area contributed by atoms with Crippen molar-refractivity contribution in [1.82, 2.24) is 0 Å². The van der Waals surface area contributed by atoms with Gasteiger partial charge in [-0.2, -0.15) is 0 Å². The molecule has 2 rings (SSSR count). The zero-order chi connectivity index (χ0) is 9.59. The molecule has 0 aromatic rings. The Labute approximate surface area is 80.6 Å². The molecule has 2 fully saturated rings. The third-order valence-corrected chi connectivity index (χ3v) is 4.44. The smallest absolute Gasteiger partial charge is 0.0866 e. The monoisotopic (exact) mass is 184 g/mol. The second-order valence-corrected chi connectivity index (χ2v) is 4.68. The molecule has 6 atom stereocenters. The lowest BCUT2D eigenvalue weighted by Crippen LogP contribution is -2.42. The van der Waals surface area contributed by atoms with Crippen LogP contribution in [0.2, 0.25) is 0 Å². The van der Waals surface area contributed by atoms with E-state index < -0.39 is 0 Å². The van der Waals surface area contributed by atoms with Gasteiger partial charge in [0.1, 0.15) is 0 Å². The van der Waals surface area contributed by atoms with Gasteiger partial charge < -0.3 is 9.47 Å². The minimum atomic E-state index is 0.348. The number of ether oxygens (including phenoxy) is 2. The Kier molecular flexibility index (Phi) is 2.37. The lowest BCUT2D eigenvalue weighted by molar-refractivity contribution is -0.0896. The maximum atomic E-state index is 5.54. The molecule has 0 aliphatic heterocycles. The minimum absolute atomic E-state index is 0.348. The van der Waals surface area contributed by atoms with Crippen LogP contribution in [0.5, 0.6) is 0 Å². The van der Waals surface area contributed by atoms with Crippen molar-refractivity contribution in [1.29, 1.82) is 0 Å². The third kappa shape index (κ3) is 1.15. The SMILES string of the molecule is COC1C2CC(C1OC)[C@H](C)C2C. The molecule has 2 nitrogen and oxygen atoms in total. The molecule has 0 aromatic heterocycles. The van der Waals surface area contributed by atoms with Crippen LogP contribution in [-0.4, -0.2) is 26.4 Å². The summed E-state index contributed by atoms with van der Waals surface area (Å²) in [7, 11) is 3.63. The Morgan fingerprint density at radius 1 is 0.846 bits per heavy atom. The third-order valence-electron chi connectivity index (χ3n) is 4.44. The molecular weight excluding hydrogens is 164 g/mol. The lowest BCUT2D eigenvalue weighted by Gasteiger charge is -2.36. The fraction of sp³-hybridized carbons (Fsp3) is 1.00. The van der Waals surface area contributed by atoms with Gasteiger partial charge in [-0.25, -0.2) is 0 Å². The molecule has 76 valence electrons. The highest BCUT2D eigenvalue weighted by Gasteiger charge is 2.55. The largest absolute Gasteiger partial charge is 0.378 e. The van der Waals surface area contributed by atoms with Crippen molar-refractivity contribution >= 4 is 0 Å². The van der Waals surface area contributed by atoms with Gasteiger partial charge in [-0.05, 0) is 30.1 Å². The second-order valence-electron chi connectivity index (χ2n) is 4.68. The lowest BCUT2D eigenvalue weighted by atomic mass is 9.78. The molecule has 2 heteroatoms. The Morgan fingerprint density at radius 3 is 1.54 bits per heavy atom. The van der Waals surface area contributed by atoms with Crippen molar-refractivity contribution < 1.29 is 9.47 Å². The minimum Gasteiger partial charge on any atom is -0.378 e. The Bertz CT molecular complexity index is 169. The molecular formula is C11H20O2. The molecule has 0 N–H and O–H groups in total. The molecule has 0 aromatic carbocycles. The van der Waals surface area contributed by atoms with Crippen molar-refractivity contribution in [2.24, 2.45) is 23.7 Å². The van der Waals surface area contributed by atoms with Crippen molar-refractivity contribution in [2.75, 3.05) is 14.2 Å². The van der Waals surface area contributed by atoms with Crippen LogP contribution in [0.4, 0.5) is 0 Å². The van der Waals surface area contributed by atoms with Gasteiger partial charge in [-0.15, -0.1) is 0 Å². The fourth-order valence-electron chi connectivity index (χ4n) is 3.50. The summed E-state index contributed by atoms with van der Waals surface area (Å²) in [4.78, 5) is 0. The van der Waals surface area contributed by atoms with Crippen LogP contribution in [0, 0.1) is 23.7 Å². The van der Waals surface area contributed by atoms with Gasteiger partial charge in [0.05, 0.1) is 12.2 Å². The van der Waals surface area contributed by atoms with Crippen molar-refractivity contribution in [3.8, 4) is 0 Å². The van der Waals surface area contributed by atoms with Crippen molar-refractivity contribution in [3.05, 3.63) is 0 Å². The summed E-state index contributed by atoms with van der Waals surface area (Å²) >= 11 is 0. The molecule has 0 spiro atoms. The normalized spacial score (nSPS) is 54.5. The van der Waals surface area contributed by atoms with Crippen LogP contribution in [0.3, 0.4) is 0 Å². The molecule has 0 heterocycles. The van der Waals surface area contributed by atoms with Crippen LogP contribution >= 0.6 is 0 Å². The zero-order valence-corrected chi connectivity index (χ0v) is 8.99. The van der Waals surface area contributed by atoms with Crippen LogP contribution in [0.25, 0.3) is 0 Å². The van der Waals surface area contributed by atoms with E-state index in [4.69, 9.17) is 9.47 Å². The molecule has 2 saturated carbocycles. The van der Waals surface area contributed by atoms with Gasteiger partial charge in [0.15, 0.2) is 0 Å². The predicted octanol–water partition coefficient (Wildman–Crippen LogP) is 1.94. The molecule has 2 aliphatic rings. The summed E-state index contributed by atoms with van der Waals surface area (Å²) in [6, 6.07) is 0. The summed E-state index contributed by atoms with van der Waals surface area (Å²) in [5.74, 6) is 3.08. The molecule has 0 amide bonds. The van der Waals surface area contributed by atoms with Crippen LogP contribution in [0.15, 0.2) is 0 Å². The van der Waals surface area contributed by atoms with Crippen LogP contribution in [-0.2, 0) is 9.47 Å². The number of fused-ring (bicyclic) bond motifs is 2. The maximum Gasteiger partial charge on any atom is 0.0866 e. The van der Waals surface area contributed by atoms with E-state index in [0.717, 1.165) is 23.7 Å². The highest BCUT2D eigenvalue weighted by molar-refractivity contribution is 5.04. The standard InChI is InChI=1S/C11H20O2/c1-6-7(2)9-5-8(6)10(12-3)11(9)13-4/h6-11H,5H2,1-4H3/t6-,7?,8?,9?,10?,11?/m1/s1. The first-order valence-electron chi connectivity index (χ1n) is 5.26. The van der Waals surface area contributed by atoms with Gasteiger partial charge in [-0.3, -0.25) is 0 Å². The Morgan fingerprint density at radius 2 is 1.23 bits per heavy atom. The van der Waals surface area contributed by atoms with Gasteiger partial charge in [-0.1, -0.05) is 13.8 Å². The highest BCUT2D eigenvalue weighted by atomic mass is 16.5. The van der Waals surface area contributed by atoms with E-state index in [1.165, 1.54) is 6.42 Å². The van der Waals surface area contributed by atoms with Crippen molar-refractivity contribution in [2.45, 2.75) is 32.5 Å². The Balaban J connectivity index is 2.17. The number of hydrogen-bond donors (Lipinski definition) is 0. The molecule has 2 bridgehead atoms. The van der Waals surface area contributed by atoms with Crippen molar-refractivity contribution in [3.63, 3.8) is 0 Å². The van der Waals surface area contributed by atoms with E-state index in [2.05, 4.69) is 13.8 Å². The molecule has 13 heavy (non-hydrogen) atoms. The summed E-state index contributed by atoms with van der Waals surface area (Å²) in [6.45, 7) is 4.71. The number of rotatable bonds is 2. The highest BCUT2D eigenvalue weighted by Crippen LogP contribution is 2.53. The van der Waals surface area contributed by atoms with Gasteiger partial charge in [0.2, 0.25) is 0 Å². The van der Waals surface area contributed by atoms with E-state index in [1.54, 1.807) is 0 Å². The fourth-order valence-corrected chi connectivity index (χ4v) is 3.50. The van der Waals surface area contributed by atoms with Gasteiger partial charge in [0.25, 0.3) is 0 Å². The summed E-state index contributed by atoms with van der Waals surface area (Å²) < 4.78 is 11.1. The molecule has 2 aliphatic carbocycles. The quantitative estimate of drug-likeness (QED) is 0.653. The van der Waals surface area contributed by atoms with Crippen LogP contribution < -0.4 is 0 Å². The molecule has 0 radical (unpaired) electrons. The van der Waals surface area contributed by atoms with E-state index >= 15 is 0 Å². The number of hydrogen-bond acceptors (Lipinski definition) is 2. The molecule has 0 saturated heterocycles. The van der Waals surface area contributed by atoms with Gasteiger partial charge >= 0.3 is 0 Å². The predicted molar refractivity (Wildman–Crippen MR) is 51.5 cm³/mol. The first-order chi connectivity index (χ1) is 6.20. The first-order valence-corrected chi connectivity index (χ1v) is 5.26. The van der Waals surface area contributed by atoms with Crippen LogP contribution in [0.1, 0.15) is 20.3 Å². The van der Waals surface area contributed by atoms with E-state index in [9.17, 15) is 0 Å². The second kappa shape index (κ2) is 3.25. The Hall–Kier alpha value is -0.0800. The zero-order valence-electron chi connectivity index (χ0n) is 8.99. The first kappa shape index (κ1) is 9.47. The van der Waals surface area contributed by atoms with E-state index in [-0.39, 0.29) is 0 Å².